The molecule has 2 aromatic rings. The zero-order valence-electron chi connectivity index (χ0n) is 10.3. The minimum absolute atomic E-state index is 0.0340. The zero-order chi connectivity index (χ0) is 13.4. The van der Waals surface area contributed by atoms with Gasteiger partial charge in [0, 0.05) is 17.1 Å². The maximum Gasteiger partial charge on any atom is 0.258 e. The van der Waals surface area contributed by atoms with Crippen molar-refractivity contribution in [3.05, 3.63) is 58.6 Å². The van der Waals surface area contributed by atoms with E-state index in [0.717, 1.165) is 17.7 Å². The second-order valence-corrected chi connectivity index (χ2v) is 5.01. The fraction of sp³-hybridized carbons (Fsp3) is 0.133. The predicted octanol–water partition coefficient (Wildman–Crippen LogP) is 3.13. The van der Waals surface area contributed by atoms with E-state index in [1.165, 1.54) is 0 Å². The number of hydrogen-bond donors (Lipinski definition) is 1. The molecular formula is C15H13ClN2O. The van der Waals surface area contributed by atoms with Crippen LogP contribution in [0.5, 0.6) is 0 Å². The van der Waals surface area contributed by atoms with Gasteiger partial charge in [0.15, 0.2) is 0 Å². The Balaban J connectivity index is 1.98. The van der Waals surface area contributed by atoms with E-state index in [4.69, 9.17) is 17.3 Å². The molecule has 0 aromatic heterocycles. The zero-order valence-corrected chi connectivity index (χ0v) is 11.0. The average Bonchev–Trinajstić information content (AvgIpc) is 2.84. The van der Waals surface area contributed by atoms with Crippen LogP contribution in [-0.2, 0) is 6.42 Å². The Kier molecular flexibility index (Phi) is 2.91. The lowest BCUT2D eigenvalue weighted by Gasteiger charge is -2.19. The van der Waals surface area contributed by atoms with Crippen molar-refractivity contribution in [1.82, 2.24) is 0 Å². The van der Waals surface area contributed by atoms with Crippen molar-refractivity contribution in [2.75, 3.05) is 17.2 Å². The van der Waals surface area contributed by atoms with Gasteiger partial charge in [-0.1, -0.05) is 23.7 Å². The van der Waals surface area contributed by atoms with E-state index >= 15 is 0 Å². The molecule has 1 aliphatic heterocycles. The highest BCUT2D eigenvalue weighted by molar-refractivity contribution is 6.30. The Bertz CT molecular complexity index is 637. The van der Waals surface area contributed by atoms with E-state index in [1.807, 2.05) is 18.2 Å². The van der Waals surface area contributed by atoms with Crippen LogP contribution in [0.3, 0.4) is 0 Å². The third-order valence-electron chi connectivity index (χ3n) is 3.36. The van der Waals surface area contributed by atoms with E-state index in [2.05, 4.69) is 0 Å². The number of hydrogen-bond acceptors (Lipinski definition) is 2. The van der Waals surface area contributed by atoms with Gasteiger partial charge >= 0.3 is 0 Å². The largest absolute Gasteiger partial charge is 0.397 e. The highest BCUT2D eigenvalue weighted by atomic mass is 35.5. The molecule has 0 saturated heterocycles. The first-order chi connectivity index (χ1) is 9.16. The summed E-state index contributed by atoms with van der Waals surface area (Å²) in [6.07, 6.45) is 0.847. The molecule has 3 rings (SSSR count). The van der Waals surface area contributed by atoms with Crippen molar-refractivity contribution < 1.29 is 4.79 Å². The second-order valence-electron chi connectivity index (χ2n) is 4.57. The molecule has 0 atom stereocenters. The summed E-state index contributed by atoms with van der Waals surface area (Å²) in [7, 11) is 0. The number of anilines is 2. The monoisotopic (exact) mass is 272 g/mol. The van der Waals surface area contributed by atoms with Crippen LogP contribution in [0.15, 0.2) is 42.5 Å². The maximum absolute atomic E-state index is 12.5. The van der Waals surface area contributed by atoms with Gasteiger partial charge in [0.25, 0.3) is 5.91 Å². The standard InChI is InChI=1S/C15H13ClN2O/c16-12-6-4-11(5-7-12)15(19)18-9-8-10-2-1-3-13(17)14(10)18/h1-7H,8-9,17H2. The topological polar surface area (TPSA) is 46.3 Å². The van der Waals surface area contributed by atoms with Crippen LogP contribution in [0, 0.1) is 0 Å². The summed E-state index contributed by atoms with van der Waals surface area (Å²) in [5.74, 6) is -0.0340. The SMILES string of the molecule is Nc1cccc2c1N(C(=O)c1ccc(Cl)cc1)CC2. The predicted molar refractivity (Wildman–Crippen MR) is 77.7 cm³/mol. The van der Waals surface area contributed by atoms with Crippen LogP contribution >= 0.6 is 11.6 Å². The Hall–Kier alpha value is -2.00. The summed E-state index contributed by atoms with van der Waals surface area (Å²) in [6.45, 7) is 0.672. The Morgan fingerprint density at radius 2 is 1.89 bits per heavy atom. The molecule has 1 heterocycles. The van der Waals surface area contributed by atoms with Gasteiger partial charge in [0.2, 0.25) is 0 Å². The molecule has 2 N–H and O–H groups in total. The normalized spacial score (nSPS) is 13.4. The van der Waals surface area contributed by atoms with E-state index in [0.29, 0.717) is 22.8 Å². The molecule has 0 unspecified atom stereocenters. The van der Waals surface area contributed by atoms with E-state index in [1.54, 1.807) is 29.2 Å². The van der Waals surface area contributed by atoms with Gasteiger partial charge in [0.05, 0.1) is 11.4 Å². The van der Waals surface area contributed by atoms with Crippen molar-refractivity contribution in [3.8, 4) is 0 Å². The highest BCUT2D eigenvalue weighted by Crippen LogP contribution is 2.34. The average molecular weight is 273 g/mol. The number of nitrogens with two attached hydrogens (primary N) is 1. The molecule has 4 heteroatoms. The highest BCUT2D eigenvalue weighted by Gasteiger charge is 2.27. The van der Waals surface area contributed by atoms with E-state index in [9.17, 15) is 4.79 Å². The molecule has 0 aliphatic carbocycles. The van der Waals surface area contributed by atoms with Crippen molar-refractivity contribution in [2.45, 2.75) is 6.42 Å². The fourth-order valence-corrected chi connectivity index (χ4v) is 2.56. The van der Waals surface area contributed by atoms with Gasteiger partial charge in [0.1, 0.15) is 0 Å². The summed E-state index contributed by atoms with van der Waals surface area (Å²) in [5.41, 5.74) is 9.24. The van der Waals surface area contributed by atoms with Crippen molar-refractivity contribution in [1.29, 1.82) is 0 Å². The van der Waals surface area contributed by atoms with Crippen LogP contribution < -0.4 is 10.6 Å². The van der Waals surface area contributed by atoms with Crippen molar-refractivity contribution in [3.63, 3.8) is 0 Å². The number of carbonyl (C=O) groups excluding carboxylic acids is 1. The van der Waals surface area contributed by atoms with Gasteiger partial charge < -0.3 is 10.6 Å². The minimum Gasteiger partial charge on any atom is -0.397 e. The molecule has 0 fully saturated rings. The van der Waals surface area contributed by atoms with E-state index in [-0.39, 0.29) is 5.91 Å². The smallest absolute Gasteiger partial charge is 0.258 e. The Labute approximate surface area is 116 Å². The Morgan fingerprint density at radius 3 is 2.63 bits per heavy atom. The van der Waals surface area contributed by atoms with Crippen LogP contribution in [-0.4, -0.2) is 12.5 Å². The molecule has 19 heavy (non-hydrogen) atoms. The molecule has 1 aliphatic rings. The summed E-state index contributed by atoms with van der Waals surface area (Å²) < 4.78 is 0. The first-order valence-electron chi connectivity index (χ1n) is 6.11. The summed E-state index contributed by atoms with van der Waals surface area (Å²) in [5, 5.41) is 0.623. The molecular weight excluding hydrogens is 260 g/mol. The lowest BCUT2D eigenvalue weighted by Crippen LogP contribution is -2.29. The lowest BCUT2D eigenvalue weighted by molar-refractivity contribution is 0.0989. The number of para-hydroxylation sites is 1. The van der Waals surface area contributed by atoms with Crippen molar-refractivity contribution >= 4 is 28.9 Å². The molecule has 3 nitrogen and oxygen atoms in total. The molecule has 0 spiro atoms. The van der Waals surface area contributed by atoms with E-state index < -0.39 is 0 Å². The molecule has 2 aromatic carbocycles. The van der Waals surface area contributed by atoms with Crippen LogP contribution in [0.1, 0.15) is 15.9 Å². The quantitative estimate of drug-likeness (QED) is 0.811. The van der Waals surface area contributed by atoms with Gasteiger partial charge in [-0.15, -0.1) is 0 Å². The van der Waals surface area contributed by atoms with Crippen LogP contribution in [0.2, 0.25) is 5.02 Å². The van der Waals surface area contributed by atoms with Crippen LogP contribution in [0.25, 0.3) is 0 Å². The van der Waals surface area contributed by atoms with Gasteiger partial charge in [-0.2, -0.15) is 0 Å². The lowest BCUT2D eigenvalue weighted by atomic mass is 10.1. The summed E-state index contributed by atoms with van der Waals surface area (Å²) >= 11 is 5.84. The number of amides is 1. The molecule has 1 amide bonds. The number of nitrogen functional groups attached to an aromatic ring is 1. The van der Waals surface area contributed by atoms with Crippen LogP contribution in [0.4, 0.5) is 11.4 Å². The second kappa shape index (κ2) is 4.59. The van der Waals surface area contributed by atoms with Crippen molar-refractivity contribution in [2.24, 2.45) is 0 Å². The minimum atomic E-state index is -0.0340. The number of nitrogens with zero attached hydrogens (tertiary/aromatic N) is 1. The number of fused-ring (bicyclic) bond motifs is 1. The van der Waals surface area contributed by atoms with Gasteiger partial charge in [-0.25, -0.2) is 0 Å². The fourth-order valence-electron chi connectivity index (χ4n) is 2.44. The number of benzene rings is 2. The summed E-state index contributed by atoms with van der Waals surface area (Å²) in [4.78, 5) is 14.2. The first kappa shape index (κ1) is 12.1. The number of halogens is 1. The molecule has 0 saturated carbocycles. The molecule has 0 radical (unpaired) electrons. The molecule has 0 bridgehead atoms. The Morgan fingerprint density at radius 1 is 1.16 bits per heavy atom. The summed E-state index contributed by atoms with van der Waals surface area (Å²) in [6, 6.07) is 12.7. The molecule has 96 valence electrons. The first-order valence-corrected chi connectivity index (χ1v) is 6.49. The number of carbonyl (C=O) groups is 1. The van der Waals surface area contributed by atoms with Gasteiger partial charge in [-0.3, -0.25) is 4.79 Å². The number of rotatable bonds is 1. The van der Waals surface area contributed by atoms with Gasteiger partial charge in [-0.05, 0) is 42.3 Å². The third-order valence-corrected chi connectivity index (χ3v) is 3.61. The maximum atomic E-state index is 12.5. The third kappa shape index (κ3) is 2.06.